The van der Waals surface area contributed by atoms with Gasteiger partial charge in [0.2, 0.25) is 0 Å². The molecule has 0 heterocycles. The molecule has 1 N–H and O–H groups in total. The van der Waals surface area contributed by atoms with E-state index >= 15 is 0 Å². The lowest BCUT2D eigenvalue weighted by molar-refractivity contribution is -0.121. The molecular weight excluding hydrogens is 224 g/mol. The number of unbranched alkanes of at least 4 members (excludes halogenated alkanes) is 3. The second-order valence-corrected chi connectivity index (χ2v) is 5.95. The summed E-state index contributed by atoms with van der Waals surface area (Å²) < 4.78 is 0. The van der Waals surface area contributed by atoms with E-state index in [-0.39, 0.29) is 17.3 Å². The normalized spacial score (nSPS) is 13.3. The van der Waals surface area contributed by atoms with E-state index in [4.69, 9.17) is 0 Å². The SMILES string of the molecule is C=CC(C)(C)CC(=O)CCC(O)CCCCCC. The van der Waals surface area contributed by atoms with Gasteiger partial charge in [-0.25, -0.2) is 0 Å². The number of carbonyl (C=O) groups is 1. The van der Waals surface area contributed by atoms with Crippen molar-refractivity contribution in [3.8, 4) is 0 Å². The standard InChI is InChI=1S/C16H30O2/c1-5-7-8-9-10-14(17)11-12-15(18)13-16(3,4)6-2/h6,14,17H,2,5,7-13H2,1,3-4H3. The van der Waals surface area contributed by atoms with E-state index in [2.05, 4.69) is 13.5 Å². The lowest BCUT2D eigenvalue weighted by Gasteiger charge is -2.18. The van der Waals surface area contributed by atoms with Gasteiger partial charge in [-0.1, -0.05) is 52.5 Å². The van der Waals surface area contributed by atoms with Gasteiger partial charge >= 0.3 is 0 Å². The first kappa shape index (κ1) is 17.4. The van der Waals surface area contributed by atoms with Crippen molar-refractivity contribution in [2.45, 2.75) is 78.2 Å². The minimum atomic E-state index is -0.308. The molecule has 0 aliphatic carbocycles. The molecule has 0 rings (SSSR count). The summed E-state index contributed by atoms with van der Waals surface area (Å²) in [5.74, 6) is 0.229. The summed E-state index contributed by atoms with van der Waals surface area (Å²) in [6.07, 6.45) is 8.68. The average Bonchev–Trinajstić information content (AvgIpc) is 2.31. The molecule has 1 unspecified atom stereocenters. The third kappa shape index (κ3) is 9.41. The summed E-state index contributed by atoms with van der Waals surface area (Å²) in [6, 6.07) is 0. The van der Waals surface area contributed by atoms with Crippen molar-refractivity contribution in [1.29, 1.82) is 0 Å². The molecule has 0 aliphatic rings. The van der Waals surface area contributed by atoms with Gasteiger partial charge in [-0.3, -0.25) is 4.79 Å². The summed E-state index contributed by atoms with van der Waals surface area (Å²) in [5.41, 5.74) is -0.122. The second-order valence-electron chi connectivity index (χ2n) is 5.95. The number of Topliss-reactive ketones (excluding diaryl/α,β-unsaturated/α-hetero) is 1. The second kappa shape index (κ2) is 9.32. The van der Waals surface area contributed by atoms with Gasteiger partial charge in [0.05, 0.1) is 6.10 Å². The van der Waals surface area contributed by atoms with Gasteiger partial charge in [-0.2, -0.15) is 0 Å². The molecule has 0 bridgehead atoms. The van der Waals surface area contributed by atoms with Gasteiger partial charge in [0.25, 0.3) is 0 Å². The quantitative estimate of drug-likeness (QED) is 0.441. The highest BCUT2D eigenvalue weighted by atomic mass is 16.3. The molecule has 0 aliphatic heterocycles. The molecule has 18 heavy (non-hydrogen) atoms. The minimum Gasteiger partial charge on any atom is -0.393 e. The molecule has 0 radical (unpaired) electrons. The number of carbonyl (C=O) groups excluding carboxylic acids is 1. The topological polar surface area (TPSA) is 37.3 Å². The molecule has 0 saturated carbocycles. The Hall–Kier alpha value is -0.630. The Morgan fingerprint density at radius 1 is 1.28 bits per heavy atom. The van der Waals surface area contributed by atoms with E-state index in [0.717, 1.165) is 12.8 Å². The monoisotopic (exact) mass is 254 g/mol. The van der Waals surface area contributed by atoms with Crippen molar-refractivity contribution in [3.05, 3.63) is 12.7 Å². The van der Waals surface area contributed by atoms with Crippen LogP contribution in [0.2, 0.25) is 0 Å². The molecule has 0 saturated heterocycles. The van der Waals surface area contributed by atoms with Crippen LogP contribution in [0.1, 0.15) is 72.1 Å². The van der Waals surface area contributed by atoms with Crippen LogP contribution in [0.25, 0.3) is 0 Å². The van der Waals surface area contributed by atoms with E-state index in [1.54, 1.807) is 0 Å². The van der Waals surface area contributed by atoms with Crippen molar-refractivity contribution in [3.63, 3.8) is 0 Å². The molecule has 1 atom stereocenters. The summed E-state index contributed by atoms with van der Waals surface area (Å²) in [7, 11) is 0. The highest BCUT2D eigenvalue weighted by molar-refractivity contribution is 5.79. The Labute approximate surface area is 112 Å². The number of allylic oxidation sites excluding steroid dienone is 1. The van der Waals surface area contributed by atoms with Gasteiger partial charge in [-0.15, -0.1) is 6.58 Å². The van der Waals surface area contributed by atoms with Gasteiger partial charge in [-0.05, 0) is 18.3 Å². The first-order chi connectivity index (χ1) is 8.41. The molecule has 0 aromatic rings. The molecule has 0 aromatic heterocycles. The lowest BCUT2D eigenvalue weighted by Crippen LogP contribution is -2.16. The highest BCUT2D eigenvalue weighted by Gasteiger charge is 2.18. The molecule has 2 heteroatoms. The molecule has 0 aromatic carbocycles. The number of aliphatic hydroxyl groups excluding tert-OH is 1. The van der Waals surface area contributed by atoms with Crippen LogP contribution in [0.15, 0.2) is 12.7 Å². The summed E-state index contributed by atoms with van der Waals surface area (Å²) >= 11 is 0. The number of hydrogen-bond donors (Lipinski definition) is 1. The third-order valence-electron chi connectivity index (χ3n) is 3.35. The van der Waals surface area contributed by atoms with Crippen LogP contribution in [0.3, 0.4) is 0 Å². The molecular formula is C16H30O2. The predicted octanol–water partition coefficient (Wildman–Crippen LogP) is 4.27. The van der Waals surface area contributed by atoms with Crippen molar-refractivity contribution >= 4 is 5.78 Å². The fourth-order valence-corrected chi connectivity index (χ4v) is 1.95. The van der Waals surface area contributed by atoms with E-state index < -0.39 is 0 Å². The number of aliphatic hydroxyl groups is 1. The molecule has 0 fully saturated rings. The van der Waals surface area contributed by atoms with Crippen molar-refractivity contribution in [2.24, 2.45) is 5.41 Å². The van der Waals surface area contributed by atoms with Gasteiger partial charge < -0.3 is 5.11 Å². The fraction of sp³-hybridized carbons (Fsp3) is 0.812. The Bertz CT molecular complexity index is 243. The van der Waals surface area contributed by atoms with Gasteiger partial charge in [0, 0.05) is 12.8 Å². The van der Waals surface area contributed by atoms with Crippen LogP contribution >= 0.6 is 0 Å². The maximum Gasteiger partial charge on any atom is 0.133 e. The maximum atomic E-state index is 11.7. The molecule has 2 nitrogen and oxygen atoms in total. The Balaban J connectivity index is 3.68. The summed E-state index contributed by atoms with van der Waals surface area (Å²) in [6.45, 7) is 9.94. The number of ketones is 1. The van der Waals surface area contributed by atoms with Crippen LogP contribution in [-0.2, 0) is 4.79 Å². The Kier molecular flexibility index (Phi) is 8.99. The zero-order valence-electron chi connectivity index (χ0n) is 12.4. The minimum absolute atomic E-state index is 0.122. The van der Waals surface area contributed by atoms with Crippen LogP contribution in [0.5, 0.6) is 0 Å². The predicted molar refractivity (Wildman–Crippen MR) is 77.6 cm³/mol. The molecule has 0 amide bonds. The maximum absolute atomic E-state index is 11.7. The van der Waals surface area contributed by atoms with Crippen LogP contribution in [0.4, 0.5) is 0 Å². The van der Waals surface area contributed by atoms with Gasteiger partial charge in [0.15, 0.2) is 0 Å². The van der Waals surface area contributed by atoms with Crippen molar-refractivity contribution in [2.75, 3.05) is 0 Å². The highest BCUT2D eigenvalue weighted by Crippen LogP contribution is 2.23. The van der Waals surface area contributed by atoms with Crippen LogP contribution in [0, 0.1) is 5.41 Å². The molecule has 106 valence electrons. The number of hydrogen-bond acceptors (Lipinski definition) is 2. The third-order valence-corrected chi connectivity index (χ3v) is 3.35. The first-order valence-corrected chi connectivity index (χ1v) is 7.24. The van der Waals surface area contributed by atoms with E-state index in [0.29, 0.717) is 19.3 Å². The van der Waals surface area contributed by atoms with E-state index in [1.807, 2.05) is 19.9 Å². The lowest BCUT2D eigenvalue weighted by atomic mass is 9.86. The number of rotatable bonds is 11. The smallest absolute Gasteiger partial charge is 0.133 e. The van der Waals surface area contributed by atoms with Gasteiger partial charge in [0.1, 0.15) is 5.78 Å². The van der Waals surface area contributed by atoms with E-state index in [9.17, 15) is 9.90 Å². The largest absolute Gasteiger partial charge is 0.393 e. The zero-order chi connectivity index (χ0) is 14.0. The Morgan fingerprint density at radius 3 is 2.50 bits per heavy atom. The molecule has 0 spiro atoms. The average molecular weight is 254 g/mol. The van der Waals surface area contributed by atoms with E-state index in [1.165, 1.54) is 19.3 Å². The fourth-order valence-electron chi connectivity index (χ4n) is 1.95. The van der Waals surface area contributed by atoms with Crippen LogP contribution in [-0.4, -0.2) is 17.0 Å². The zero-order valence-corrected chi connectivity index (χ0v) is 12.4. The van der Waals surface area contributed by atoms with Crippen LogP contribution < -0.4 is 0 Å². The van der Waals surface area contributed by atoms with Crippen molar-refractivity contribution in [1.82, 2.24) is 0 Å². The Morgan fingerprint density at radius 2 is 1.94 bits per heavy atom. The first-order valence-electron chi connectivity index (χ1n) is 7.24. The summed E-state index contributed by atoms with van der Waals surface area (Å²) in [4.78, 5) is 11.7. The summed E-state index contributed by atoms with van der Waals surface area (Å²) in [5, 5.41) is 9.78. The van der Waals surface area contributed by atoms with Crippen molar-refractivity contribution < 1.29 is 9.90 Å².